The molecule has 49 heavy (non-hydrogen) atoms. The summed E-state index contributed by atoms with van der Waals surface area (Å²) in [7, 11) is 1.59. The molecular formula is C37H53NO10Si. The molecule has 0 aliphatic heterocycles. The maximum Gasteiger partial charge on any atom is 0.337 e. The van der Waals surface area contributed by atoms with Gasteiger partial charge in [0.1, 0.15) is 19.3 Å². The number of ether oxygens (including phenoxy) is 4. The molecule has 0 aliphatic rings. The molecule has 11 nitrogen and oxygen atoms in total. The van der Waals surface area contributed by atoms with E-state index in [2.05, 4.69) is 0 Å². The number of nitrogens with zero attached hydrogens (tertiary/aromatic N) is 1. The van der Waals surface area contributed by atoms with Gasteiger partial charge in [0.25, 0.3) is 5.91 Å². The van der Waals surface area contributed by atoms with E-state index in [9.17, 15) is 19.2 Å². The van der Waals surface area contributed by atoms with Crippen LogP contribution in [-0.4, -0.2) is 76.8 Å². The Morgan fingerprint density at radius 2 is 1.27 bits per heavy atom. The Labute approximate surface area is 291 Å². The van der Waals surface area contributed by atoms with Crippen LogP contribution in [0.4, 0.5) is 0 Å². The van der Waals surface area contributed by atoms with Crippen LogP contribution in [0.5, 0.6) is 0 Å². The number of benzene rings is 2. The molecule has 2 aromatic rings. The molecule has 0 fully saturated rings. The number of hydrogen-bond donors (Lipinski definition) is 0. The van der Waals surface area contributed by atoms with Crippen molar-refractivity contribution in [3.8, 4) is 0 Å². The predicted molar refractivity (Wildman–Crippen MR) is 187 cm³/mol. The van der Waals surface area contributed by atoms with Gasteiger partial charge in [0, 0.05) is 19.7 Å². The highest BCUT2D eigenvalue weighted by atomic mass is 28.4. The number of likely N-dealkylation sites (N-methyl/N-ethyl adjacent to an activating group) is 1. The molecule has 3 atom stereocenters. The van der Waals surface area contributed by atoms with Gasteiger partial charge in [-0.25, -0.2) is 14.7 Å². The Balaban J connectivity index is 2.59. The number of amides is 1. The molecule has 1 amide bonds. The van der Waals surface area contributed by atoms with E-state index >= 15 is 0 Å². The van der Waals surface area contributed by atoms with Crippen LogP contribution in [0.25, 0.3) is 0 Å². The van der Waals surface area contributed by atoms with Crippen molar-refractivity contribution in [3.63, 3.8) is 0 Å². The van der Waals surface area contributed by atoms with Gasteiger partial charge in [-0.05, 0) is 42.1 Å². The fourth-order valence-corrected chi connectivity index (χ4v) is 8.12. The summed E-state index contributed by atoms with van der Waals surface area (Å²) in [5, 5.41) is 1.00. The van der Waals surface area contributed by atoms with Gasteiger partial charge < -0.3 is 23.4 Å². The number of methoxy groups -OCH3 is 1. The minimum Gasteiger partial charge on any atom is -0.459 e. The minimum atomic E-state index is -2.53. The highest BCUT2D eigenvalue weighted by molar-refractivity contribution is 6.73. The number of esters is 3. The number of hydrogen-bond acceptors (Lipinski definition) is 10. The van der Waals surface area contributed by atoms with Gasteiger partial charge in [0.05, 0.1) is 25.2 Å². The molecule has 2 rings (SSSR count). The highest BCUT2D eigenvalue weighted by Gasteiger charge is 2.41. The average Bonchev–Trinajstić information content (AvgIpc) is 3.12. The monoisotopic (exact) mass is 699 g/mol. The Kier molecular flexibility index (Phi) is 17.4. The average molecular weight is 700 g/mol. The third-order valence-corrected chi connectivity index (χ3v) is 13.3. The van der Waals surface area contributed by atoms with Gasteiger partial charge in [-0.3, -0.25) is 14.4 Å². The zero-order valence-electron chi connectivity index (χ0n) is 30.4. The Morgan fingerprint density at radius 3 is 1.69 bits per heavy atom. The van der Waals surface area contributed by atoms with Gasteiger partial charge in [-0.2, -0.15) is 0 Å². The van der Waals surface area contributed by atoms with E-state index in [0.29, 0.717) is 18.1 Å². The molecular weight excluding hydrogens is 646 g/mol. The van der Waals surface area contributed by atoms with Crippen LogP contribution >= 0.6 is 0 Å². The summed E-state index contributed by atoms with van der Waals surface area (Å²) in [6.45, 7) is 11.0. The van der Waals surface area contributed by atoms with Crippen molar-refractivity contribution in [3.05, 3.63) is 82.9 Å². The summed E-state index contributed by atoms with van der Waals surface area (Å²) in [6.07, 6.45) is -3.79. The maximum absolute atomic E-state index is 14.0. The first-order valence-electron chi connectivity index (χ1n) is 16.7. The van der Waals surface area contributed by atoms with E-state index in [1.165, 1.54) is 28.2 Å². The molecule has 0 radical (unpaired) electrons. The summed E-state index contributed by atoms with van der Waals surface area (Å²) in [6, 6.07) is 20.4. The molecule has 0 N–H and O–H groups in total. The molecule has 270 valence electrons. The SMILES string of the molecule is CC[Si](CC)(CC)O[C@H](CC(=O)O[C@H](C(C)C)[C@@H](OC)C(=O)N(C)OC)/C(C(=O)OCc1ccccc1)=C(\C)C(=O)OCc1ccccc1. The Morgan fingerprint density at radius 1 is 0.776 bits per heavy atom. The topological polar surface area (TPSA) is 127 Å². The first-order valence-corrected chi connectivity index (χ1v) is 19.2. The molecule has 0 saturated heterocycles. The van der Waals surface area contributed by atoms with Crippen molar-refractivity contribution in [1.29, 1.82) is 0 Å². The lowest BCUT2D eigenvalue weighted by atomic mass is 9.99. The molecule has 0 bridgehead atoms. The fraction of sp³-hybridized carbons (Fsp3) is 0.514. The van der Waals surface area contributed by atoms with Gasteiger partial charge in [-0.15, -0.1) is 0 Å². The quantitative estimate of drug-likeness (QED) is 0.0521. The largest absolute Gasteiger partial charge is 0.459 e. The third-order valence-electron chi connectivity index (χ3n) is 8.66. The first kappa shape index (κ1) is 41.3. The summed E-state index contributed by atoms with van der Waals surface area (Å²) < 4.78 is 29.5. The molecule has 0 unspecified atom stereocenters. The molecule has 0 saturated carbocycles. The number of rotatable bonds is 20. The maximum atomic E-state index is 14.0. The normalized spacial score (nSPS) is 13.9. The van der Waals surface area contributed by atoms with Crippen molar-refractivity contribution in [2.45, 2.75) is 97.6 Å². The second kappa shape index (κ2) is 20.6. The van der Waals surface area contributed by atoms with E-state index < -0.39 is 56.9 Å². The van der Waals surface area contributed by atoms with E-state index in [1.807, 2.05) is 81.4 Å². The van der Waals surface area contributed by atoms with Crippen LogP contribution in [0.2, 0.25) is 18.1 Å². The van der Waals surface area contributed by atoms with E-state index in [0.717, 1.165) is 16.2 Å². The molecule has 2 aromatic carbocycles. The second-order valence-corrected chi connectivity index (χ2v) is 16.8. The highest BCUT2D eigenvalue weighted by Crippen LogP contribution is 2.30. The van der Waals surface area contributed by atoms with Crippen LogP contribution in [0.3, 0.4) is 0 Å². The van der Waals surface area contributed by atoms with Gasteiger partial charge in [0.2, 0.25) is 0 Å². The summed E-state index contributed by atoms with van der Waals surface area (Å²) in [4.78, 5) is 59.4. The summed E-state index contributed by atoms with van der Waals surface area (Å²) in [5.41, 5.74) is 1.36. The number of hydroxylamine groups is 2. The van der Waals surface area contributed by atoms with E-state index in [-0.39, 0.29) is 30.3 Å². The molecule has 12 heteroatoms. The van der Waals surface area contributed by atoms with Crippen molar-refractivity contribution in [1.82, 2.24) is 5.06 Å². The van der Waals surface area contributed by atoms with Crippen molar-refractivity contribution in [2.24, 2.45) is 5.92 Å². The fourth-order valence-electron chi connectivity index (χ4n) is 5.32. The zero-order valence-corrected chi connectivity index (χ0v) is 31.4. The summed E-state index contributed by atoms with van der Waals surface area (Å²) >= 11 is 0. The van der Waals surface area contributed by atoms with Crippen LogP contribution in [0.1, 0.15) is 59.1 Å². The standard InChI is InChI=1S/C37H53NO10Si/c1-10-49(11-2,12-3)48-30(23-31(39)47-33(26(4)5)34(43-8)35(40)38(7)44-9)32(37(42)46-25-29-21-17-14-18-22-29)27(6)36(41)45-24-28-19-15-13-16-20-28/h13-22,26,30,33-34H,10-12,23-25H2,1-9H3/b32-27-/t30-,33-,34-/m1/s1. The van der Waals surface area contributed by atoms with E-state index in [4.69, 9.17) is 28.2 Å². The summed E-state index contributed by atoms with van der Waals surface area (Å²) in [5.74, 6) is -3.18. The number of carbonyl (C=O) groups excluding carboxylic acids is 4. The van der Waals surface area contributed by atoms with Crippen LogP contribution in [-0.2, 0) is 60.6 Å². The molecule has 0 aliphatic carbocycles. The van der Waals surface area contributed by atoms with Crippen molar-refractivity contribution in [2.75, 3.05) is 21.3 Å². The van der Waals surface area contributed by atoms with Crippen molar-refractivity contribution < 1.29 is 47.4 Å². The molecule has 0 aromatic heterocycles. The lowest BCUT2D eigenvalue weighted by Gasteiger charge is -2.35. The molecule has 0 spiro atoms. The third kappa shape index (κ3) is 12.2. The Bertz CT molecular complexity index is 1370. The number of carbonyl (C=O) groups is 4. The second-order valence-electron chi connectivity index (χ2n) is 12.1. The van der Waals surface area contributed by atoms with Crippen LogP contribution < -0.4 is 0 Å². The zero-order chi connectivity index (χ0) is 36.6. The molecule has 0 heterocycles. The van der Waals surface area contributed by atoms with Gasteiger partial charge in [-0.1, -0.05) is 95.3 Å². The van der Waals surface area contributed by atoms with Gasteiger partial charge in [0.15, 0.2) is 14.4 Å². The predicted octanol–water partition coefficient (Wildman–Crippen LogP) is 6.17. The lowest BCUT2D eigenvalue weighted by Crippen LogP contribution is -2.48. The first-order chi connectivity index (χ1) is 23.4. The lowest BCUT2D eigenvalue weighted by molar-refractivity contribution is -0.192. The van der Waals surface area contributed by atoms with E-state index in [1.54, 1.807) is 13.8 Å². The van der Waals surface area contributed by atoms with Gasteiger partial charge >= 0.3 is 17.9 Å². The van der Waals surface area contributed by atoms with Crippen molar-refractivity contribution >= 4 is 32.1 Å². The Hall–Kier alpha value is -3.84. The van der Waals surface area contributed by atoms with Crippen LogP contribution in [0.15, 0.2) is 71.8 Å². The smallest absolute Gasteiger partial charge is 0.337 e. The van der Waals surface area contributed by atoms with Crippen LogP contribution in [0, 0.1) is 5.92 Å². The minimum absolute atomic E-state index is 0.0209.